The SMILES string of the molecule is CN(C)C1CCCN(c2ncc(C#N)c(N)n2)C1. The lowest BCUT2D eigenvalue weighted by Gasteiger charge is -2.36. The van der Waals surface area contributed by atoms with Crippen LogP contribution >= 0.6 is 0 Å². The third kappa shape index (κ3) is 2.51. The lowest BCUT2D eigenvalue weighted by atomic mass is 10.1. The molecule has 1 aromatic rings. The second-order valence-electron chi connectivity index (χ2n) is 4.79. The molecule has 2 rings (SSSR count). The van der Waals surface area contributed by atoms with E-state index in [-0.39, 0.29) is 5.82 Å². The highest BCUT2D eigenvalue weighted by Gasteiger charge is 2.23. The molecule has 1 aliphatic heterocycles. The standard InChI is InChI=1S/C12H18N6/c1-17(2)10-4-3-5-18(8-10)12-15-7-9(6-13)11(14)16-12/h7,10H,3-5,8H2,1-2H3,(H2,14,15,16). The molecule has 0 aromatic carbocycles. The number of nitrogens with zero attached hydrogens (tertiary/aromatic N) is 5. The van der Waals surface area contributed by atoms with Crippen LogP contribution in [0.15, 0.2) is 6.20 Å². The zero-order valence-electron chi connectivity index (χ0n) is 10.8. The number of likely N-dealkylation sites (N-methyl/N-ethyl adjacent to an activating group) is 1. The van der Waals surface area contributed by atoms with Crippen LogP contribution in [0, 0.1) is 11.3 Å². The maximum absolute atomic E-state index is 8.80. The van der Waals surface area contributed by atoms with Crippen LogP contribution in [0.3, 0.4) is 0 Å². The first-order chi connectivity index (χ1) is 8.61. The molecule has 1 aromatic heterocycles. The highest BCUT2D eigenvalue weighted by atomic mass is 15.3. The Bertz CT molecular complexity index is 464. The molecule has 0 saturated carbocycles. The summed E-state index contributed by atoms with van der Waals surface area (Å²) in [4.78, 5) is 12.8. The number of hydrogen-bond donors (Lipinski definition) is 1. The number of aromatic nitrogens is 2. The minimum absolute atomic E-state index is 0.259. The average Bonchev–Trinajstić information content (AvgIpc) is 2.38. The molecular formula is C12H18N6. The Morgan fingerprint density at radius 3 is 2.94 bits per heavy atom. The minimum Gasteiger partial charge on any atom is -0.382 e. The Hall–Kier alpha value is -1.87. The van der Waals surface area contributed by atoms with Gasteiger partial charge in [0.1, 0.15) is 17.5 Å². The lowest BCUT2D eigenvalue weighted by Crippen LogP contribution is -2.45. The van der Waals surface area contributed by atoms with Crippen LogP contribution in [0.1, 0.15) is 18.4 Å². The summed E-state index contributed by atoms with van der Waals surface area (Å²) in [5.41, 5.74) is 6.06. The molecule has 1 fully saturated rings. The van der Waals surface area contributed by atoms with Crippen molar-refractivity contribution in [3.05, 3.63) is 11.8 Å². The van der Waals surface area contributed by atoms with Crippen molar-refractivity contribution in [3.63, 3.8) is 0 Å². The maximum Gasteiger partial charge on any atom is 0.227 e. The molecule has 0 amide bonds. The van der Waals surface area contributed by atoms with E-state index in [4.69, 9.17) is 11.0 Å². The number of rotatable bonds is 2. The first kappa shape index (κ1) is 12.6. The van der Waals surface area contributed by atoms with E-state index in [9.17, 15) is 0 Å². The molecule has 6 heteroatoms. The third-order valence-corrected chi connectivity index (χ3v) is 3.34. The quantitative estimate of drug-likeness (QED) is 0.816. The molecule has 1 saturated heterocycles. The molecule has 2 N–H and O–H groups in total. The fourth-order valence-corrected chi connectivity index (χ4v) is 2.18. The van der Waals surface area contributed by atoms with Crippen LogP contribution in [0.5, 0.6) is 0 Å². The molecule has 0 radical (unpaired) electrons. The molecule has 96 valence electrons. The topological polar surface area (TPSA) is 82.1 Å². The predicted octanol–water partition coefficient (Wildman–Crippen LogP) is 0.461. The van der Waals surface area contributed by atoms with E-state index in [1.165, 1.54) is 12.6 Å². The van der Waals surface area contributed by atoms with E-state index in [2.05, 4.69) is 33.9 Å². The van der Waals surface area contributed by atoms with Crippen molar-refractivity contribution >= 4 is 11.8 Å². The number of piperidine rings is 1. The Kier molecular flexibility index (Phi) is 3.63. The van der Waals surface area contributed by atoms with Crippen LogP contribution in [-0.4, -0.2) is 48.1 Å². The van der Waals surface area contributed by atoms with E-state index >= 15 is 0 Å². The summed E-state index contributed by atoms with van der Waals surface area (Å²) in [5, 5.41) is 8.80. The lowest BCUT2D eigenvalue weighted by molar-refractivity contribution is 0.257. The van der Waals surface area contributed by atoms with Crippen LogP contribution in [0.2, 0.25) is 0 Å². The fourth-order valence-electron chi connectivity index (χ4n) is 2.18. The second-order valence-corrected chi connectivity index (χ2v) is 4.79. The van der Waals surface area contributed by atoms with Crippen molar-refractivity contribution in [2.45, 2.75) is 18.9 Å². The van der Waals surface area contributed by atoms with Crippen LogP contribution < -0.4 is 10.6 Å². The van der Waals surface area contributed by atoms with Crippen LogP contribution in [0.25, 0.3) is 0 Å². The van der Waals surface area contributed by atoms with Gasteiger partial charge in [-0.05, 0) is 26.9 Å². The summed E-state index contributed by atoms with van der Waals surface area (Å²) in [6.07, 6.45) is 3.80. The average molecular weight is 246 g/mol. The van der Waals surface area contributed by atoms with Crippen molar-refractivity contribution in [3.8, 4) is 6.07 Å². The Morgan fingerprint density at radius 2 is 2.33 bits per heavy atom. The number of anilines is 2. The van der Waals surface area contributed by atoms with Gasteiger partial charge in [0.2, 0.25) is 5.95 Å². The van der Waals surface area contributed by atoms with Gasteiger partial charge in [0.25, 0.3) is 0 Å². The first-order valence-corrected chi connectivity index (χ1v) is 6.06. The van der Waals surface area contributed by atoms with E-state index in [0.717, 1.165) is 19.5 Å². The summed E-state index contributed by atoms with van der Waals surface area (Å²) in [7, 11) is 4.17. The number of nitriles is 1. The van der Waals surface area contributed by atoms with Crippen molar-refractivity contribution < 1.29 is 0 Å². The molecule has 0 bridgehead atoms. The van der Waals surface area contributed by atoms with Gasteiger partial charge in [0.15, 0.2) is 0 Å². The van der Waals surface area contributed by atoms with E-state index in [1.54, 1.807) is 0 Å². The maximum atomic E-state index is 8.80. The second kappa shape index (κ2) is 5.19. The molecule has 1 unspecified atom stereocenters. The molecule has 6 nitrogen and oxygen atoms in total. The number of nitrogen functional groups attached to an aromatic ring is 1. The Morgan fingerprint density at radius 1 is 1.56 bits per heavy atom. The highest BCUT2D eigenvalue weighted by Crippen LogP contribution is 2.19. The number of hydrogen-bond acceptors (Lipinski definition) is 6. The fraction of sp³-hybridized carbons (Fsp3) is 0.583. The molecule has 0 aliphatic carbocycles. The smallest absolute Gasteiger partial charge is 0.227 e. The summed E-state index contributed by atoms with van der Waals surface area (Å²) in [6.45, 7) is 1.84. The molecule has 2 heterocycles. The molecule has 1 aliphatic rings. The van der Waals surface area contributed by atoms with Crippen molar-refractivity contribution in [1.82, 2.24) is 14.9 Å². The van der Waals surface area contributed by atoms with Gasteiger partial charge in [-0.3, -0.25) is 0 Å². The summed E-state index contributed by atoms with van der Waals surface area (Å²) in [5.74, 6) is 0.882. The van der Waals surface area contributed by atoms with Crippen LogP contribution in [0.4, 0.5) is 11.8 Å². The summed E-state index contributed by atoms with van der Waals surface area (Å²) in [6, 6.07) is 2.49. The molecule has 18 heavy (non-hydrogen) atoms. The largest absolute Gasteiger partial charge is 0.382 e. The third-order valence-electron chi connectivity index (χ3n) is 3.34. The van der Waals surface area contributed by atoms with Gasteiger partial charge in [-0.1, -0.05) is 0 Å². The monoisotopic (exact) mass is 246 g/mol. The minimum atomic E-state index is 0.259. The van der Waals surface area contributed by atoms with Gasteiger partial charge in [0, 0.05) is 19.1 Å². The van der Waals surface area contributed by atoms with Gasteiger partial charge in [-0.25, -0.2) is 4.98 Å². The zero-order valence-corrected chi connectivity index (χ0v) is 10.8. The Labute approximate surface area is 107 Å². The highest BCUT2D eigenvalue weighted by molar-refractivity contribution is 5.50. The van der Waals surface area contributed by atoms with Gasteiger partial charge in [-0.2, -0.15) is 10.2 Å². The molecular weight excluding hydrogens is 228 g/mol. The van der Waals surface area contributed by atoms with E-state index < -0.39 is 0 Å². The van der Waals surface area contributed by atoms with E-state index in [0.29, 0.717) is 17.6 Å². The van der Waals surface area contributed by atoms with Gasteiger partial charge < -0.3 is 15.5 Å². The van der Waals surface area contributed by atoms with Crippen molar-refractivity contribution in [2.75, 3.05) is 37.8 Å². The van der Waals surface area contributed by atoms with Crippen molar-refractivity contribution in [2.24, 2.45) is 0 Å². The Balaban J connectivity index is 2.16. The van der Waals surface area contributed by atoms with Gasteiger partial charge in [0.05, 0.1) is 6.20 Å². The molecule has 0 spiro atoms. The van der Waals surface area contributed by atoms with Crippen LogP contribution in [-0.2, 0) is 0 Å². The number of nitrogens with two attached hydrogens (primary N) is 1. The van der Waals surface area contributed by atoms with Gasteiger partial charge in [-0.15, -0.1) is 0 Å². The summed E-state index contributed by atoms with van der Waals surface area (Å²) >= 11 is 0. The normalized spacial score (nSPS) is 19.9. The van der Waals surface area contributed by atoms with Crippen molar-refractivity contribution in [1.29, 1.82) is 5.26 Å². The zero-order chi connectivity index (χ0) is 13.1. The molecule has 1 atom stereocenters. The van der Waals surface area contributed by atoms with Gasteiger partial charge >= 0.3 is 0 Å². The predicted molar refractivity (Wildman–Crippen MR) is 70.1 cm³/mol. The van der Waals surface area contributed by atoms with E-state index in [1.807, 2.05) is 6.07 Å². The first-order valence-electron chi connectivity index (χ1n) is 6.06. The summed E-state index contributed by atoms with van der Waals surface area (Å²) < 4.78 is 0.